The first-order valence-electron chi connectivity index (χ1n) is 10.2. The van der Waals surface area contributed by atoms with Gasteiger partial charge in [0, 0.05) is 30.3 Å². The molecular weight excluding hydrogens is 375 g/mol. The first-order chi connectivity index (χ1) is 13.6. The lowest BCUT2D eigenvalue weighted by molar-refractivity contribution is -0.122. The van der Waals surface area contributed by atoms with Crippen LogP contribution in [0.1, 0.15) is 43.2 Å². The molecule has 1 aliphatic heterocycles. The predicted molar refractivity (Wildman–Crippen MR) is 113 cm³/mol. The van der Waals surface area contributed by atoms with Crippen LogP contribution in [0.25, 0.3) is 0 Å². The van der Waals surface area contributed by atoms with Crippen molar-refractivity contribution in [3.05, 3.63) is 29.3 Å². The Hall–Kier alpha value is -1.22. The highest BCUT2D eigenvalue weighted by molar-refractivity contribution is 7.98. The van der Waals surface area contributed by atoms with Crippen molar-refractivity contribution in [3.8, 4) is 5.75 Å². The van der Waals surface area contributed by atoms with Gasteiger partial charge in [-0.3, -0.25) is 4.79 Å². The van der Waals surface area contributed by atoms with E-state index in [0.717, 1.165) is 43.5 Å². The maximum absolute atomic E-state index is 12.5. The lowest BCUT2D eigenvalue weighted by Crippen LogP contribution is -2.53. The van der Waals surface area contributed by atoms with Gasteiger partial charge in [0.05, 0.1) is 12.5 Å². The lowest BCUT2D eigenvalue weighted by Gasteiger charge is -2.31. The highest BCUT2D eigenvalue weighted by atomic mass is 32.2. The summed E-state index contributed by atoms with van der Waals surface area (Å²) in [4.78, 5) is 12.5. The first-order valence-corrected chi connectivity index (χ1v) is 11.6. The predicted octanol–water partition coefficient (Wildman–Crippen LogP) is 1.52. The van der Waals surface area contributed by atoms with Crippen LogP contribution >= 0.6 is 11.8 Å². The minimum Gasteiger partial charge on any atom is -0.534 e. The third-order valence-corrected chi connectivity index (χ3v) is 6.39. The Kier molecular flexibility index (Phi) is 8.08. The molecule has 0 radical (unpaired) electrons. The van der Waals surface area contributed by atoms with Crippen molar-refractivity contribution in [2.24, 2.45) is 5.92 Å². The molecule has 1 unspecified atom stereocenters. The number of aliphatic hydroxyl groups is 1. The number of hydrogen-bond donors (Lipinski definition) is 4. The fourth-order valence-electron chi connectivity index (χ4n) is 4.20. The van der Waals surface area contributed by atoms with Gasteiger partial charge in [-0.15, -0.1) is 0 Å². The molecule has 1 saturated carbocycles. The van der Waals surface area contributed by atoms with Crippen LogP contribution in [0.15, 0.2) is 18.2 Å². The molecule has 28 heavy (non-hydrogen) atoms. The molecule has 1 fully saturated rings. The van der Waals surface area contributed by atoms with E-state index in [9.17, 15) is 14.9 Å². The van der Waals surface area contributed by atoms with Crippen LogP contribution in [0, 0.1) is 5.92 Å². The SMILES string of the molecule is CSCCNC1CCC(CC(=O)NC2Cc3cccc(CO)c3OB2O)CC1. The van der Waals surface area contributed by atoms with Crippen LogP contribution in [0.3, 0.4) is 0 Å². The molecule has 4 N–H and O–H groups in total. The standard InChI is InChI=1S/C20H31BN2O4S/c1-28-10-9-22-17-7-5-14(6-8-17)11-19(25)23-18-12-15-3-2-4-16(13-24)20(15)27-21(18)26/h2-4,14,17-18,22,24,26H,5-13H2,1H3,(H,23,25). The van der Waals surface area contributed by atoms with Gasteiger partial charge in [0.25, 0.3) is 0 Å². The third-order valence-electron chi connectivity index (χ3n) is 5.78. The first kappa shape index (κ1) is 21.5. The van der Waals surface area contributed by atoms with E-state index in [1.54, 1.807) is 6.07 Å². The van der Waals surface area contributed by atoms with E-state index in [1.165, 1.54) is 0 Å². The van der Waals surface area contributed by atoms with Crippen molar-refractivity contribution in [2.45, 2.75) is 57.1 Å². The zero-order chi connectivity index (χ0) is 19.9. The number of fused-ring (bicyclic) bond motifs is 1. The molecule has 1 atom stereocenters. The smallest absolute Gasteiger partial charge is 0.534 e. The number of para-hydroxylation sites is 1. The lowest BCUT2D eigenvalue weighted by atomic mass is 9.72. The van der Waals surface area contributed by atoms with Crippen molar-refractivity contribution in [1.29, 1.82) is 0 Å². The molecule has 1 amide bonds. The summed E-state index contributed by atoms with van der Waals surface area (Å²) in [5.74, 6) is 1.60. The van der Waals surface area contributed by atoms with Crippen molar-refractivity contribution < 1.29 is 19.6 Å². The van der Waals surface area contributed by atoms with Crippen LogP contribution in [0.5, 0.6) is 5.75 Å². The molecule has 1 aromatic carbocycles. The van der Waals surface area contributed by atoms with Gasteiger partial charge in [0.2, 0.25) is 5.91 Å². The van der Waals surface area contributed by atoms with E-state index < -0.39 is 13.1 Å². The molecule has 0 aromatic heterocycles. The molecule has 1 heterocycles. The van der Waals surface area contributed by atoms with Crippen LogP contribution < -0.4 is 15.3 Å². The molecule has 1 aromatic rings. The highest BCUT2D eigenvalue weighted by Gasteiger charge is 2.37. The van der Waals surface area contributed by atoms with Gasteiger partial charge in [-0.2, -0.15) is 11.8 Å². The van der Waals surface area contributed by atoms with Gasteiger partial charge in [-0.05, 0) is 49.8 Å². The molecular formula is C20H31BN2O4S. The number of amides is 1. The summed E-state index contributed by atoms with van der Waals surface area (Å²) in [5.41, 5.74) is 1.56. The fourth-order valence-corrected chi connectivity index (χ4v) is 4.52. The van der Waals surface area contributed by atoms with Crippen LogP contribution in [-0.2, 0) is 17.8 Å². The van der Waals surface area contributed by atoms with Gasteiger partial charge in [-0.25, -0.2) is 0 Å². The Balaban J connectivity index is 1.45. The minimum absolute atomic E-state index is 0.0202. The van der Waals surface area contributed by atoms with Crippen molar-refractivity contribution in [1.82, 2.24) is 10.6 Å². The third kappa shape index (κ3) is 5.66. The zero-order valence-electron chi connectivity index (χ0n) is 16.5. The summed E-state index contributed by atoms with van der Waals surface area (Å²) in [6, 6.07) is 6.12. The number of thioether (sulfide) groups is 1. The summed E-state index contributed by atoms with van der Waals surface area (Å²) in [5, 5.41) is 26.3. The zero-order valence-corrected chi connectivity index (χ0v) is 17.3. The maximum atomic E-state index is 12.5. The summed E-state index contributed by atoms with van der Waals surface area (Å²) in [6.45, 7) is 0.914. The van der Waals surface area contributed by atoms with E-state index in [4.69, 9.17) is 4.65 Å². The van der Waals surface area contributed by atoms with E-state index >= 15 is 0 Å². The van der Waals surface area contributed by atoms with Gasteiger partial charge >= 0.3 is 7.12 Å². The molecule has 0 bridgehead atoms. The monoisotopic (exact) mass is 406 g/mol. The quantitative estimate of drug-likeness (QED) is 0.387. The van der Waals surface area contributed by atoms with Gasteiger partial charge in [-0.1, -0.05) is 18.2 Å². The summed E-state index contributed by atoms with van der Waals surface area (Å²) in [6.07, 6.45) is 7.51. The van der Waals surface area contributed by atoms with E-state index in [-0.39, 0.29) is 12.5 Å². The number of carbonyl (C=O) groups excluding carboxylic acids is 1. The van der Waals surface area contributed by atoms with E-state index in [2.05, 4.69) is 16.9 Å². The Morgan fingerprint density at radius 2 is 2.11 bits per heavy atom. The Bertz CT molecular complexity index is 655. The molecule has 154 valence electrons. The second-order valence-corrected chi connectivity index (χ2v) is 8.80. The minimum atomic E-state index is -1.10. The maximum Gasteiger partial charge on any atom is 0.547 e. The average molecular weight is 406 g/mol. The van der Waals surface area contributed by atoms with Crippen molar-refractivity contribution in [2.75, 3.05) is 18.6 Å². The molecule has 0 spiro atoms. The molecule has 1 aliphatic carbocycles. The van der Waals surface area contributed by atoms with E-state index in [1.807, 2.05) is 23.9 Å². The molecule has 3 rings (SSSR count). The second kappa shape index (κ2) is 10.5. The van der Waals surface area contributed by atoms with Gasteiger partial charge in [0.1, 0.15) is 5.75 Å². The Morgan fingerprint density at radius 3 is 2.82 bits per heavy atom. The highest BCUT2D eigenvalue weighted by Crippen LogP contribution is 2.31. The Labute approximate surface area is 172 Å². The fraction of sp³-hybridized carbons (Fsp3) is 0.650. The molecule has 2 aliphatic rings. The van der Waals surface area contributed by atoms with Crippen LogP contribution in [0.2, 0.25) is 0 Å². The van der Waals surface area contributed by atoms with E-state index in [0.29, 0.717) is 36.1 Å². The molecule has 8 heteroatoms. The topological polar surface area (TPSA) is 90.8 Å². The molecule has 0 saturated heterocycles. The number of hydrogen-bond acceptors (Lipinski definition) is 6. The Morgan fingerprint density at radius 1 is 1.32 bits per heavy atom. The summed E-state index contributed by atoms with van der Waals surface area (Å²) >= 11 is 1.86. The summed E-state index contributed by atoms with van der Waals surface area (Å²) < 4.78 is 5.59. The van der Waals surface area contributed by atoms with Crippen molar-refractivity contribution >= 4 is 24.8 Å². The number of aliphatic hydroxyl groups excluding tert-OH is 1. The number of nitrogens with one attached hydrogen (secondary N) is 2. The number of benzene rings is 1. The number of carbonyl (C=O) groups is 1. The average Bonchev–Trinajstić information content (AvgIpc) is 2.69. The largest absolute Gasteiger partial charge is 0.547 e. The van der Waals surface area contributed by atoms with Crippen LogP contribution in [0.4, 0.5) is 0 Å². The van der Waals surface area contributed by atoms with Crippen molar-refractivity contribution in [3.63, 3.8) is 0 Å². The van der Waals surface area contributed by atoms with Gasteiger partial charge in [0.15, 0.2) is 0 Å². The summed E-state index contributed by atoms with van der Waals surface area (Å²) in [7, 11) is -1.10. The number of rotatable bonds is 8. The van der Waals surface area contributed by atoms with Crippen LogP contribution in [-0.4, -0.2) is 53.7 Å². The molecule has 6 nitrogen and oxygen atoms in total. The normalized spacial score (nSPS) is 24.4. The van der Waals surface area contributed by atoms with Gasteiger partial charge < -0.3 is 25.4 Å². The second-order valence-electron chi connectivity index (χ2n) is 7.82.